The molecule has 24 heavy (non-hydrogen) atoms. The molecular weight excluding hydrogens is 370 g/mol. The molecule has 5 heteroatoms. The van der Waals surface area contributed by atoms with E-state index < -0.39 is 5.97 Å². The molecule has 4 nitrogen and oxygen atoms in total. The zero-order valence-corrected chi connectivity index (χ0v) is 15.4. The number of likely N-dealkylation sites (tertiary alicyclic amines) is 1. The summed E-state index contributed by atoms with van der Waals surface area (Å²) in [5.74, 6) is -0.281. The molecule has 1 saturated carbocycles. The number of hydrogen-bond acceptors (Lipinski definition) is 2. The molecule has 1 aliphatic heterocycles. The van der Waals surface area contributed by atoms with Gasteiger partial charge in [0.15, 0.2) is 0 Å². The van der Waals surface area contributed by atoms with E-state index in [2.05, 4.69) is 28.1 Å². The quantitative estimate of drug-likeness (QED) is 0.841. The molecule has 1 aromatic carbocycles. The normalized spacial score (nSPS) is 21.0. The van der Waals surface area contributed by atoms with E-state index in [1.165, 1.54) is 0 Å². The van der Waals surface area contributed by atoms with E-state index in [9.17, 15) is 9.59 Å². The minimum Gasteiger partial charge on any atom is -0.481 e. The van der Waals surface area contributed by atoms with Crippen LogP contribution in [0.2, 0.25) is 0 Å². The van der Waals surface area contributed by atoms with Gasteiger partial charge in [-0.15, -0.1) is 0 Å². The molecule has 2 fully saturated rings. The molecule has 1 heterocycles. The van der Waals surface area contributed by atoms with Crippen LogP contribution in [-0.4, -0.2) is 35.0 Å². The van der Waals surface area contributed by atoms with Gasteiger partial charge < -0.3 is 10.0 Å². The Bertz CT molecular complexity index is 600. The van der Waals surface area contributed by atoms with Gasteiger partial charge in [0, 0.05) is 24.0 Å². The smallest absolute Gasteiger partial charge is 0.303 e. The lowest BCUT2D eigenvalue weighted by molar-refractivity contribution is -0.140. The summed E-state index contributed by atoms with van der Waals surface area (Å²) in [6.45, 7) is 1.38. The molecule has 1 saturated heterocycles. The van der Waals surface area contributed by atoms with Gasteiger partial charge in [0.05, 0.1) is 5.41 Å². The number of halogens is 1. The second-order valence-electron chi connectivity index (χ2n) is 7.13. The van der Waals surface area contributed by atoms with Crippen LogP contribution in [-0.2, 0) is 15.0 Å². The highest BCUT2D eigenvalue weighted by Gasteiger charge is 2.45. The molecule has 2 aliphatic rings. The van der Waals surface area contributed by atoms with E-state index in [1.807, 2.05) is 17.0 Å². The highest BCUT2D eigenvalue weighted by Crippen LogP contribution is 2.43. The Balaban J connectivity index is 1.74. The van der Waals surface area contributed by atoms with Crippen molar-refractivity contribution >= 4 is 27.8 Å². The van der Waals surface area contributed by atoms with Crippen LogP contribution in [0.3, 0.4) is 0 Å². The molecule has 3 rings (SSSR count). The van der Waals surface area contributed by atoms with E-state index >= 15 is 0 Å². The van der Waals surface area contributed by atoms with Crippen LogP contribution in [0.25, 0.3) is 0 Å². The highest BCUT2D eigenvalue weighted by molar-refractivity contribution is 9.10. The fourth-order valence-corrected chi connectivity index (χ4v) is 4.53. The van der Waals surface area contributed by atoms with Crippen molar-refractivity contribution in [1.29, 1.82) is 0 Å². The molecule has 1 aromatic rings. The number of nitrogens with zero attached hydrogens (tertiary/aromatic N) is 1. The summed E-state index contributed by atoms with van der Waals surface area (Å²) in [6.07, 6.45) is 5.85. The van der Waals surface area contributed by atoms with Crippen molar-refractivity contribution in [1.82, 2.24) is 4.90 Å². The summed E-state index contributed by atoms with van der Waals surface area (Å²) >= 11 is 3.47. The Labute approximate surface area is 151 Å². The first-order valence-corrected chi connectivity index (χ1v) is 9.58. The van der Waals surface area contributed by atoms with Crippen molar-refractivity contribution in [2.24, 2.45) is 5.92 Å². The van der Waals surface area contributed by atoms with Crippen LogP contribution in [0.5, 0.6) is 0 Å². The number of aliphatic carboxylic acids is 1. The lowest BCUT2D eigenvalue weighted by atomic mass is 9.77. The molecule has 1 N–H and O–H groups in total. The predicted octanol–water partition coefficient (Wildman–Crippen LogP) is 3.97. The van der Waals surface area contributed by atoms with Crippen molar-refractivity contribution in [3.05, 3.63) is 34.3 Å². The summed E-state index contributed by atoms with van der Waals surface area (Å²) < 4.78 is 1.03. The Morgan fingerprint density at radius 1 is 1.12 bits per heavy atom. The van der Waals surface area contributed by atoms with Crippen LogP contribution in [0.4, 0.5) is 0 Å². The SMILES string of the molecule is O=C(O)CC1CCN(C(=O)C2(c3ccc(Br)cc3)CCCC2)CC1. The summed E-state index contributed by atoms with van der Waals surface area (Å²) in [7, 11) is 0. The fourth-order valence-electron chi connectivity index (χ4n) is 4.26. The van der Waals surface area contributed by atoms with Crippen LogP contribution >= 0.6 is 15.9 Å². The number of carbonyl (C=O) groups excluding carboxylic acids is 1. The lowest BCUT2D eigenvalue weighted by Gasteiger charge is -2.38. The van der Waals surface area contributed by atoms with E-state index in [0.29, 0.717) is 13.1 Å². The van der Waals surface area contributed by atoms with Crippen molar-refractivity contribution < 1.29 is 14.7 Å². The molecule has 0 radical (unpaired) electrons. The first-order valence-electron chi connectivity index (χ1n) is 8.78. The van der Waals surface area contributed by atoms with Gasteiger partial charge in [-0.3, -0.25) is 9.59 Å². The maximum Gasteiger partial charge on any atom is 0.303 e. The number of carboxylic acids is 1. The van der Waals surface area contributed by atoms with Crippen LogP contribution in [0, 0.1) is 5.92 Å². The summed E-state index contributed by atoms with van der Waals surface area (Å²) in [5, 5.41) is 8.94. The lowest BCUT2D eigenvalue weighted by Crippen LogP contribution is -2.48. The van der Waals surface area contributed by atoms with E-state index in [-0.39, 0.29) is 23.7 Å². The number of amides is 1. The standard InChI is InChI=1S/C19H24BrNO3/c20-16-5-3-15(4-6-16)19(9-1-2-10-19)18(24)21-11-7-14(8-12-21)13-17(22)23/h3-6,14H,1-2,7-13H2,(H,22,23). The molecular formula is C19H24BrNO3. The first-order chi connectivity index (χ1) is 11.5. The average Bonchev–Trinajstić information content (AvgIpc) is 3.06. The number of rotatable bonds is 4. The van der Waals surface area contributed by atoms with Gasteiger partial charge in [-0.05, 0) is 49.3 Å². The van der Waals surface area contributed by atoms with Gasteiger partial charge in [0.25, 0.3) is 0 Å². The minimum absolute atomic E-state index is 0.207. The number of benzene rings is 1. The number of piperidine rings is 1. The predicted molar refractivity (Wildman–Crippen MR) is 95.8 cm³/mol. The van der Waals surface area contributed by atoms with Gasteiger partial charge in [0.1, 0.15) is 0 Å². The van der Waals surface area contributed by atoms with E-state index in [4.69, 9.17) is 5.11 Å². The summed E-state index contributed by atoms with van der Waals surface area (Å²) in [6, 6.07) is 8.18. The van der Waals surface area contributed by atoms with Crippen molar-refractivity contribution in [3.8, 4) is 0 Å². The monoisotopic (exact) mass is 393 g/mol. The molecule has 130 valence electrons. The van der Waals surface area contributed by atoms with Crippen molar-refractivity contribution in [2.75, 3.05) is 13.1 Å². The summed E-state index contributed by atoms with van der Waals surface area (Å²) in [5.41, 5.74) is 0.751. The zero-order valence-electron chi connectivity index (χ0n) is 13.8. The maximum atomic E-state index is 13.3. The molecule has 0 aromatic heterocycles. The fraction of sp³-hybridized carbons (Fsp3) is 0.579. The Hall–Kier alpha value is -1.36. The van der Waals surface area contributed by atoms with Gasteiger partial charge >= 0.3 is 5.97 Å². The number of carbonyl (C=O) groups is 2. The van der Waals surface area contributed by atoms with E-state index in [0.717, 1.165) is 48.6 Å². The van der Waals surface area contributed by atoms with Gasteiger partial charge in [-0.25, -0.2) is 0 Å². The van der Waals surface area contributed by atoms with Gasteiger partial charge in [-0.2, -0.15) is 0 Å². The van der Waals surface area contributed by atoms with Crippen LogP contribution in [0.1, 0.15) is 50.5 Å². The van der Waals surface area contributed by atoms with Gasteiger partial charge in [0.2, 0.25) is 5.91 Å². The summed E-state index contributed by atoms with van der Waals surface area (Å²) in [4.78, 5) is 26.2. The third-order valence-electron chi connectivity index (χ3n) is 5.63. The highest BCUT2D eigenvalue weighted by atomic mass is 79.9. The molecule has 0 bridgehead atoms. The Kier molecular flexibility index (Phi) is 5.28. The Morgan fingerprint density at radius 2 is 1.71 bits per heavy atom. The van der Waals surface area contributed by atoms with Gasteiger partial charge in [-0.1, -0.05) is 40.9 Å². The first kappa shape index (κ1) is 17.5. The molecule has 0 unspecified atom stereocenters. The minimum atomic E-state index is -0.734. The maximum absolute atomic E-state index is 13.3. The molecule has 0 atom stereocenters. The molecule has 1 aliphatic carbocycles. The molecule has 1 amide bonds. The van der Waals surface area contributed by atoms with Crippen LogP contribution in [0.15, 0.2) is 28.7 Å². The Morgan fingerprint density at radius 3 is 2.25 bits per heavy atom. The topological polar surface area (TPSA) is 57.6 Å². The number of carboxylic acid groups (broad SMARTS) is 1. The van der Waals surface area contributed by atoms with Crippen LogP contribution < -0.4 is 0 Å². The molecule has 0 spiro atoms. The number of hydrogen-bond donors (Lipinski definition) is 1. The second-order valence-corrected chi connectivity index (χ2v) is 8.05. The largest absolute Gasteiger partial charge is 0.481 e. The third-order valence-corrected chi connectivity index (χ3v) is 6.16. The average molecular weight is 394 g/mol. The van der Waals surface area contributed by atoms with E-state index in [1.54, 1.807) is 0 Å². The zero-order chi connectivity index (χ0) is 17.2. The third kappa shape index (κ3) is 3.51. The van der Waals surface area contributed by atoms with Crippen molar-refractivity contribution in [3.63, 3.8) is 0 Å². The second kappa shape index (κ2) is 7.26. The van der Waals surface area contributed by atoms with Crippen molar-refractivity contribution in [2.45, 2.75) is 50.4 Å².